The molecule has 1 aliphatic carbocycles. The molecule has 5 rings (SSSR count). The summed E-state index contributed by atoms with van der Waals surface area (Å²) in [5.41, 5.74) is 2.43. The van der Waals surface area contributed by atoms with Crippen LogP contribution in [0.2, 0.25) is 0 Å². The van der Waals surface area contributed by atoms with Gasteiger partial charge in [-0.05, 0) is 50.9 Å². The fourth-order valence-electron chi connectivity index (χ4n) is 4.41. The van der Waals surface area contributed by atoms with Gasteiger partial charge in [-0.25, -0.2) is 9.97 Å². The summed E-state index contributed by atoms with van der Waals surface area (Å²) in [6, 6.07) is 4.31. The number of anilines is 2. The maximum Gasteiger partial charge on any atom is 0.228 e. The van der Waals surface area contributed by atoms with Gasteiger partial charge in [0.25, 0.3) is 0 Å². The Morgan fingerprint density at radius 1 is 0.935 bits per heavy atom. The SMILES string of the molecule is O=C(Nc1cc2cc(-c3cncc(NC4CCNCC4)n3)cnc2cn1)C1CCCC1. The predicted molar refractivity (Wildman–Crippen MR) is 121 cm³/mol. The Kier molecular flexibility index (Phi) is 5.71. The third kappa shape index (κ3) is 4.64. The van der Waals surface area contributed by atoms with Crippen LogP contribution in [0.3, 0.4) is 0 Å². The molecule has 0 bridgehead atoms. The van der Waals surface area contributed by atoms with Crippen LogP contribution in [0.15, 0.2) is 36.9 Å². The first-order chi connectivity index (χ1) is 15.2. The molecule has 3 aromatic heterocycles. The molecule has 0 radical (unpaired) electrons. The zero-order valence-corrected chi connectivity index (χ0v) is 17.5. The van der Waals surface area contributed by atoms with Crippen molar-refractivity contribution in [3.8, 4) is 11.3 Å². The van der Waals surface area contributed by atoms with Crippen LogP contribution in [0.25, 0.3) is 22.2 Å². The van der Waals surface area contributed by atoms with Gasteiger partial charge in [0.1, 0.15) is 11.6 Å². The van der Waals surface area contributed by atoms with Crippen LogP contribution in [0.4, 0.5) is 11.6 Å². The van der Waals surface area contributed by atoms with Gasteiger partial charge in [0.2, 0.25) is 5.91 Å². The van der Waals surface area contributed by atoms with Gasteiger partial charge in [0.15, 0.2) is 0 Å². The van der Waals surface area contributed by atoms with Crippen LogP contribution in [0, 0.1) is 5.92 Å². The van der Waals surface area contributed by atoms with Crippen LogP contribution in [-0.4, -0.2) is 45.0 Å². The number of rotatable bonds is 5. The van der Waals surface area contributed by atoms with Gasteiger partial charge in [-0.1, -0.05) is 12.8 Å². The number of fused-ring (bicyclic) bond motifs is 1. The number of amides is 1. The first kappa shape index (κ1) is 19.8. The van der Waals surface area contributed by atoms with Crippen molar-refractivity contribution in [3.63, 3.8) is 0 Å². The highest BCUT2D eigenvalue weighted by molar-refractivity contribution is 5.94. The van der Waals surface area contributed by atoms with E-state index in [0.717, 1.165) is 79.6 Å². The van der Waals surface area contributed by atoms with E-state index in [2.05, 4.69) is 30.9 Å². The van der Waals surface area contributed by atoms with Crippen molar-refractivity contribution in [2.45, 2.75) is 44.6 Å². The summed E-state index contributed by atoms with van der Waals surface area (Å²) in [6.45, 7) is 2.04. The summed E-state index contributed by atoms with van der Waals surface area (Å²) in [7, 11) is 0. The molecule has 3 aromatic rings. The van der Waals surface area contributed by atoms with Crippen LogP contribution in [-0.2, 0) is 4.79 Å². The number of hydrogen-bond donors (Lipinski definition) is 3. The van der Waals surface area contributed by atoms with E-state index in [4.69, 9.17) is 4.98 Å². The number of piperidine rings is 1. The second kappa shape index (κ2) is 8.93. The smallest absolute Gasteiger partial charge is 0.228 e. The highest BCUT2D eigenvalue weighted by Crippen LogP contribution is 2.27. The number of pyridine rings is 2. The Morgan fingerprint density at radius 2 is 1.77 bits per heavy atom. The lowest BCUT2D eigenvalue weighted by atomic mass is 10.1. The van der Waals surface area contributed by atoms with Gasteiger partial charge in [-0.3, -0.25) is 14.8 Å². The molecule has 0 spiro atoms. The minimum absolute atomic E-state index is 0.0658. The molecule has 0 atom stereocenters. The summed E-state index contributed by atoms with van der Waals surface area (Å²) in [5, 5.41) is 10.7. The second-order valence-corrected chi connectivity index (χ2v) is 8.42. The van der Waals surface area contributed by atoms with Gasteiger partial charge >= 0.3 is 0 Å². The number of carbonyl (C=O) groups excluding carboxylic acids is 1. The lowest BCUT2D eigenvalue weighted by Gasteiger charge is -2.24. The maximum atomic E-state index is 12.4. The normalized spacial score (nSPS) is 17.7. The Morgan fingerprint density at radius 3 is 2.61 bits per heavy atom. The summed E-state index contributed by atoms with van der Waals surface area (Å²) in [4.78, 5) is 30.5. The fraction of sp³-hybridized carbons (Fsp3) is 0.435. The van der Waals surface area contributed by atoms with E-state index in [1.165, 1.54) is 0 Å². The van der Waals surface area contributed by atoms with Gasteiger partial charge in [-0.15, -0.1) is 0 Å². The van der Waals surface area contributed by atoms with E-state index in [1.807, 2.05) is 12.1 Å². The highest BCUT2D eigenvalue weighted by Gasteiger charge is 2.23. The quantitative estimate of drug-likeness (QED) is 0.584. The molecule has 160 valence electrons. The van der Waals surface area contributed by atoms with Crippen LogP contribution in [0.1, 0.15) is 38.5 Å². The average Bonchev–Trinajstić information content (AvgIpc) is 3.35. The third-order valence-corrected chi connectivity index (χ3v) is 6.17. The van der Waals surface area contributed by atoms with Crippen molar-refractivity contribution in [2.75, 3.05) is 23.7 Å². The molecule has 31 heavy (non-hydrogen) atoms. The monoisotopic (exact) mass is 417 g/mol. The number of nitrogens with zero attached hydrogens (tertiary/aromatic N) is 4. The van der Waals surface area contributed by atoms with E-state index in [9.17, 15) is 4.79 Å². The van der Waals surface area contributed by atoms with Gasteiger partial charge < -0.3 is 16.0 Å². The summed E-state index contributed by atoms with van der Waals surface area (Å²) >= 11 is 0. The number of nitrogens with one attached hydrogen (secondary N) is 3. The van der Waals surface area contributed by atoms with Crippen molar-refractivity contribution in [3.05, 3.63) is 36.9 Å². The zero-order chi connectivity index (χ0) is 21.0. The van der Waals surface area contributed by atoms with Crippen molar-refractivity contribution < 1.29 is 4.79 Å². The Hall–Kier alpha value is -3.13. The Labute approximate surface area is 181 Å². The molecule has 1 saturated heterocycles. The molecule has 3 N–H and O–H groups in total. The maximum absolute atomic E-state index is 12.4. The first-order valence-electron chi connectivity index (χ1n) is 11.1. The minimum atomic E-state index is 0.0658. The van der Waals surface area contributed by atoms with E-state index in [0.29, 0.717) is 11.9 Å². The third-order valence-electron chi connectivity index (χ3n) is 6.17. The fourth-order valence-corrected chi connectivity index (χ4v) is 4.41. The number of aromatic nitrogens is 4. The van der Waals surface area contributed by atoms with Gasteiger partial charge in [0, 0.05) is 29.1 Å². The molecule has 8 heteroatoms. The van der Waals surface area contributed by atoms with Crippen molar-refractivity contribution in [2.24, 2.45) is 5.92 Å². The average molecular weight is 418 g/mol. The summed E-state index contributed by atoms with van der Waals surface area (Å²) in [5.74, 6) is 1.52. The van der Waals surface area contributed by atoms with Crippen LogP contribution < -0.4 is 16.0 Å². The second-order valence-electron chi connectivity index (χ2n) is 8.42. The minimum Gasteiger partial charge on any atom is -0.366 e. The Balaban J connectivity index is 1.36. The van der Waals surface area contributed by atoms with Crippen molar-refractivity contribution in [1.82, 2.24) is 25.3 Å². The number of carbonyl (C=O) groups is 1. The summed E-state index contributed by atoms with van der Waals surface area (Å²) in [6.07, 6.45) is 13.3. The highest BCUT2D eigenvalue weighted by atomic mass is 16.1. The van der Waals surface area contributed by atoms with Crippen molar-refractivity contribution >= 4 is 28.4 Å². The zero-order valence-electron chi connectivity index (χ0n) is 17.5. The molecule has 1 aliphatic heterocycles. The Bertz CT molecular complexity index is 1070. The molecule has 2 fully saturated rings. The lowest BCUT2D eigenvalue weighted by molar-refractivity contribution is -0.119. The number of hydrogen-bond acceptors (Lipinski definition) is 7. The van der Waals surface area contributed by atoms with Crippen LogP contribution >= 0.6 is 0 Å². The van der Waals surface area contributed by atoms with E-state index in [-0.39, 0.29) is 11.8 Å². The lowest BCUT2D eigenvalue weighted by Crippen LogP contribution is -2.35. The first-order valence-corrected chi connectivity index (χ1v) is 11.1. The largest absolute Gasteiger partial charge is 0.366 e. The van der Waals surface area contributed by atoms with E-state index in [1.54, 1.807) is 24.8 Å². The molecule has 0 aromatic carbocycles. The summed E-state index contributed by atoms with van der Waals surface area (Å²) < 4.78 is 0. The molecule has 2 aliphatic rings. The van der Waals surface area contributed by atoms with Gasteiger partial charge in [0.05, 0.1) is 29.8 Å². The molecular formula is C23H27N7O. The van der Waals surface area contributed by atoms with E-state index >= 15 is 0 Å². The predicted octanol–water partition coefficient (Wildman–Crippen LogP) is 3.38. The van der Waals surface area contributed by atoms with Crippen molar-refractivity contribution in [1.29, 1.82) is 0 Å². The molecule has 4 heterocycles. The van der Waals surface area contributed by atoms with Crippen LogP contribution in [0.5, 0.6) is 0 Å². The molecule has 8 nitrogen and oxygen atoms in total. The molecule has 1 saturated carbocycles. The standard InChI is InChI=1S/C23H27N7O/c31-23(15-3-1-2-4-15)30-21-10-16-9-17(11-26-19(16)13-27-21)20-12-25-14-22(29-20)28-18-5-7-24-8-6-18/h9-15,18,24H,1-8H2,(H,28,29)(H,27,30,31). The molecule has 0 unspecified atom stereocenters. The van der Waals surface area contributed by atoms with Gasteiger partial charge in [-0.2, -0.15) is 0 Å². The topological polar surface area (TPSA) is 105 Å². The van der Waals surface area contributed by atoms with E-state index < -0.39 is 0 Å². The molecule has 1 amide bonds. The molecular weight excluding hydrogens is 390 g/mol.